The first-order valence-electron chi connectivity index (χ1n) is 7.79. The summed E-state index contributed by atoms with van der Waals surface area (Å²) in [5.41, 5.74) is 5.83. The monoisotopic (exact) mass is 278 g/mol. The molecule has 0 amide bonds. The molecular formula is C15H27BN2S. The second-order valence-electron chi connectivity index (χ2n) is 6.80. The fourth-order valence-corrected chi connectivity index (χ4v) is 4.36. The fraction of sp³-hybridized carbons (Fsp3) is 0.933. The van der Waals surface area contributed by atoms with Crippen molar-refractivity contribution in [2.45, 2.75) is 82.7 Å². The predicted octanol–water partition coefficient (Wildman–Crippen LogP) is 2.98. The van der Waals surface area contributed by atoms with Gasteiger partial charge < -0.3 is 10.6 Å². The van der Waals surface area contributed by atoms with E-state index in [1.165, 1.54) is 32.1 Å². The number of rotatable bonds is 1. The maximum absolute atomic E-state index is 6.31. The zero-order valence-corrected chi connectivity index (χ0v) is 13.2. The van der Waals surface area contributed by atoms with E-state index >= 15 is 0 Å². The van der Waals surface area contributed by atoms with Gasteiger partial charge in [-0.05, 0) is 57.3 Å². The van der Waals surface area contributed by atoms with Crippen molar-refractivity contribution >= 4 is 25.1 Å². The van der Waals surface area contributed by atoms with E-state index in [4.69, 9.17) is 25.8 Å². The van der Waals surface area contributed by atoms with E-state index in [2.05, 4.69) is 18.7 Å². The quantitative estimate of drug-likeness (QED) is 0.590. The molecule has 2 rings (SSSR count). The number of nitrogens with zero attached hydrogens (tertiary/aromatic N) is 1. The molecule has 2 radical (unpaired) electrons. The number of hydrogen-bond acceptors (Lipinski definition) is 2. The van der Waals surface area contributed by atoms with Crippen LogP contribution >= 0.6 is 12.2 Å². The Kier molecular flexibility index (Phi) is 4.94. The van der Waals surface area contributed by atoms with Crippen molar-refractivity contribution in [1.82, 2.24) is 4.90 Å². The van der Waals surface area contributed by atoms with Gasteiger partial charge in [-0.2, -0.15) is 0 Å². The molecule has 0 bridgehead atoms. The third-order valence-electron chi connectivity index (χ3n) is 4.76. The lowest BCUT2D eigenvalue weighted by Gasteiger charge is -2.47. The second kappa shape index (κ2) is 6.13. The molecule has 1 aliphatic carbocycles. The van der Waals surface area contributed by atoms with Crippen molar-refractivity contribution in [3.63, 3.8) is 0 Å². The van der Waals surface area contributed by atoms with Gasteiger partial charge in [0, 0.05) is 12.1 Å². The van der Waals surface area contributed by atoms with Crippen molar-refractivity contribution in [1.29, 1.82) is 0 Å². The number of thiocarbonyl (C=S) groups is 1. The molecule has 1 saturated heterocycles. The molecule has 0 aromatic carbocycles. The van der Waals surface area contributed by atoms with Crippen LogP contribution in [0.1, 0.15) is 65.2 Å². The van der Waals surface area contributed by atoms with Crippen LogP contribution in [0.4, 0.5) is 0 Å². The zero-order valence-electron chi connectivity index (χ0n) is 12.4. The van der Waals surface area contributed by atoms with Gasteiger partial charge in [0.2, 0.25) is 0 Å². The zero-order chi connectivity index (χ0) is 14.0. The van der Waals surface area contributed by atoms with Crippen LogP contribution in [-0.4, -0.2) is 35.3 Å². The first-order valence-corrected chi connectivity index (χ1v) is 8.20. The molecular weight excluding hydrogens is 251 g/mol. The molecule has 3 unspecified atom stereocenters. The third kappa shape index (κ3) is 3.72. The highest BCUT2D eigenvalue weighted by molar-refractivity contribution is 7.80. The standard InChI is InChI=1S/C15H27BN2S/c1-11(2)18-13-6-4-3-5-9-15(16,17)10-12(13)7-8-14(18)19/h11-13H,3-10,17H2,1-2H3. The smallest absolute Gasteiger partial charge is 0.0950 e. The van der Waals surface area contributed by atoms with Crippen molar-refractivity contribution in [2.75, 3.05) is 0 Å². The van der Waals surface area contributed by atoms with Crippen molar-refractivity contribution in [3.05, 3.63) is 0 Å². The van der Waals surface area contributed by atoms with Gasteiger partial charge in [-0.25, -0.2) is 0 Å². The summed E-state index contributed by atoms with van der Waals surface area (Å²) in [5, 5.41) is 0. The Bertz CT molecular complexity index is 330. The SMILES string of the molecule is [B]C1(N)CCCCCC2C(CCC(=S)N2C(C)C)C1. The van der Waals surface area contributed by atoms with E-state index in [1.807, 2.05) is 0 Å². The maximum Gasteiger partial charge on any atom is 0.0950 e. The molecule has 0 aromatic rings. The molecule has 2 fully saturated rings. The summed E-state index contributed by atoms with van der Waals surface area (Å²) in [7, 11) is 6.31. The van der Waals surface area contributed by atoms with Gasteiger partial charge in [-0.1, -0.05) is 31.5 Å². The summed E-state index contributed by atoms with van der Waals surface area (Å²) in [6.45, 7) is 4.50. The Balaban J connectivity index is 2.20. The summed E-state index contributed by atoms with van der Waals surface area (Å²) in [6, 6.07) is 1.05. The van der Waals surface area contributed by atoms with E-state index in [9.17, 15) is 0 Å². The minimum absolute atomic E-state index is 0.477. The average Bonchev–Trinajstić information content (AvgIpc) is 2.37. The first-order chi connectivity index (χ1) is 8.91. The van der Waals surface area contributed by atoms with Crippen LogP contribution in [0.25, 0.3) is 0 Å². The van der Waals surface area contributed by atoms with Gasteiger partial charge in [0.05, 0.1) is 12.8 Å². The molecule has 0 aromatic heterocycles. The number of hydrogen-bond donors (Lipinski definition) is 1. The molecule has 3 atom stereocenters. The van der Waals surface area contributed by atoms with Gasteiger partial charge in [0.25, 0.3) is 0 Å². The molecule has 1 aliphatic heterocycles. The topological polar surface area (TPSA) is 29.3 Å². The van der Waals surface area contributed by atoms with E-state index in [-0.39, 0.29) is 0 Å². The molecule has 2 N–H and O–H groups in total. The lowest BCUT2D eigenvalue weighted by atomic mass is 9.67. The minimum atomic E-state index is -0.477. The van der Waals surface area contributed by atoms with E-state index in [1.54, 1.807) is 0 Å². The van der Waals surface area contributed by atoms with Crippen LogP contribution < -0.4 is 5.73 Å². The number of nitrogens with two attached hydrogens (primary N) is 1. The second-order valence-corrected chi connectivity index (χ2v) is 7.27. The van der Waals surface area contributed by atoms with Crippen LogP contribution in [0.3, 0.4) is 0 Å². The normalized spacial score (nSPS) is 37.5. The largest absolute Gasteiger partial charge is 0.360 e. The summed E-state index contributed by atoms with van der Waals surface area (Å²) < 4.78 is 0. The van der Waals surface area contributed by atoms with Crippen LogP contribution in [-0.2, 0) is 0 Å². The third-order valence-corrected chi connectivity index (χ3v) is 5.17. The molecule has 1 saturated carbocycles. The highest BCUT2D eigenvalue weighted by Crippen LogP contribution is 2.36. The molecule has 4 heteroatoms. The van der Waals surface area contributed by atoms with Gasteiger partial charge in [-0.3, -0.25) is 0 Å². The molecule has 1 heterocycles. The highest BCUT2D eigenvalue weighted by atomic mass is 32.1. The van der Waals surface area contributed by atoms with Crippen LogP contribution in [0, 0.1) is 5.92 Å². The number of piperidine rings is 1. The van der Waals surface area contributed by atoms with Crippen molar-refractivity contribution in [2.24, 2.45) is 11.7 Å². The van der Waals surface area contributed by atoms with Gasteiger partial charge in [0.1, 0.15) is 0 Å². The Morgan fingerprint density at radius 2 is 2.05 bits per heavy atom. The predicted molar refractivity (Wildman–Crippen MR) is 86.5 cm³/mol. The molecule has 19 heavy (non-hydrogen) atoms. The number of fused-ring (bicyclic) bond motifs is 1. The summed E-state index contributed by atoms with van der Waals surface area (Å²) in [5.74, 6) is 0.613. The van der Waals surface area contributed by atoms with Crippen molar-refractivity contribution < 1.29 is 0 Å². The highest BCUT2D eigenvalue weighted by Gasteiger charge is 2.37. The Labute approximate surface area is 124 Å². The first kappa shape index (κ1) is 15.3. The number of likely N-dealkylation sites (tertiary alicyclic amines) is 1. The summed E-state index contributed by atoms with van der Waals surface area (Å²) >= 11 is 5.60. The molecule has 2 nitrogen and oxygen atoms in total. The van der Waals surface area contributed by atoms with Crippen molar-refractivity contribution in [3.8, 4) is 0 Å². The van der Waals surface area contributed by atoms with E-state index < -0.39 is 5.44 Å². The molecule has 106 valence electrons. The van der Waals surface area contributed by atoms with Crippen LogP contribution in [0.5, 0.6) is 0 Å². The average molecular weight is 278 g/mol. The molecule has 0 spiro atoms. The Morgan fingerprint density at radius 3 is 2.74 bits per heavy atom. The lowest BCUT2D eigenvalue weighted by Crippen LogP contribution is -2.54. The maximum atomic E-state index is 6.31. The minimum Gasteiger partial charge on any atom is -0.360 e. The van der Waals surface area contributed by atoms with Gasteiger partial charge >= 0.3 is 0 Å². The fourth-order valence-electron chi connectivity index (χ4n) is 3.90. The van der Waals surface area contributed by atoms with E-state index in [0.717, 1.165) is 24.3 Å². The Hall–Kier alpha value is -0.0851. The van der Waals surface area contributed by atoms with E-state index in [0.29, 0.717) is 18.0 Å². The van der Waals surface area contributed by atoms with Gasteiger partial charge in [0.15, 0.2) is 0 Å². The lowest BCUT2D eigenvalue weighted by molar-refractivity contribution is 0.137. The Morgan fingerprint density at radius 1 is 1.32 bits per heavy atom. The molecule has 2 aliphatic rings. The summed E-state index contributed by atoms with van der Waals surface area (Å²) in [6.07, 6.45) is 9.05. The van der Waals surface area contributed by atoms with Gasteiger partial charge in [-0.15, -0.1) is 0 Å². The van der Waals surface area contributed by atoms with Crippen LogP contribution in [0.15, 0.2) is 0 Å². The summed E-state index contributed by atoms with van der Waals surface area (Å²) in [4.78, 5) is 3.63. The van der Waals surface area contributed by atoms with Crippen LogP contribution in [0.2, 0.25) is 0 Å².